The molecular weight excluding hydrogens is 304 g/mol. The molecule has 2 unspecified atom stereocenters. The summed E-state index contributed by atoms with van der Waals surface area (Å²) in [5.41, 5.74) is 0. The molecule has 2 atom stereocenters. The Labute approximate surface area is 124 Å². The molecule has 0 aliphatic carbocycles. The van der Waals surface area contributed by atoms with Crippen molar-refractivity contribution in [1.29, 1.82) is 0 Å². The molecule has 5 nitrogen and oxygen atoms in total. The van der Waals surface area contributed by atoms with Crippen molar-refractivity contribution in [2.45, 2.75) is 30.4 Å². The van der Waals surface area contributed by atoms with Gasteiger partial charge in [0, 0.05) is 17.1 Å². The average molecular weight is 319 g/mol. The molecule has 0 aliphatic rings. The molecule has 3 N–H and O–H groups in total. The number of amides is 1. The van der Waals surface area contributed by atoms with Crippen molar-refractivity contribution in [3.8, 4) is 0 Å². The zero-order chi connectivity index (χ0) is 16.0. The van der Waals surface area contributed by atoms with Crippen molar-refractivity contribution in [2.75, 3.05) is 5.75 Å². The van der Waals surface area contributed by atoms with E-state index in [1.165, 1.54) is 13.0 Å². The van der Waals surface area contributed by atoms with Crippen LogP contribution in [-0.4, -0.2) is 40.0 Å². The summed E-state index contributed by atoms with van der Waals surface area (Å²) in [7, 11) is 0. The number of carboxylic acids is 1. The van der Waals surface area contributed by atoms with Gasteiger partial charge in [-0.1, -0.05) is 0 Å². The van der Waals surface area contributed by atoms with Crippen LogP contribution in [0.2, 0.25) is 0 Å². The minimum atomic E-state index is -1.37. The number of rotatable bonds is 7. The van der Waals surface area contributed by atoms with Crippen molar-refractivity contribution in [3.63, 3.8) is 0 Å². The van der Waals surface area contributed by atoms with Crippen LogP contribution in [0.5, 0.6) is 0 Å². The Morgan fingerprint density at radius 3 is 2.52 bits per heavy atom. The van der Waals surface area contributed by atoms with Crippen molar-refractivity contribution >= 4 is 23.6 Å². The maximum absolute atomic E-state index is 13.0. The number of nitrogens with one attached hydrogen (secondary N) is 1. The first kappa shape index (κ1) is 17.4. The van der Waals surface area contributed by atoms with Crippen molar-refractivity contribution in [3.05, 3.63) is 29.8 Å². The molecule has 0 heterocycles. The lowest BCUT2D eigenvalue weighted by Crippen LogP contribution is -2.47. The van der Waals surface area contributed by atoms with E-state index in [4.69, 9.17) is 5.11 Å². The highest BCUT2D eigenvalue weighted by Gasteiger charge is 2.24. The Morgan fingerprint density at radius 2 is 2.00 bits per heavy atom. The molecule has 0 spiro atoms. The molecule has 0 aromatic heterocycles. The molecule has 8 heteroatoms. The van der Waals surface area contributed by atoms with Gasteiger partial charge in [0.15, 0.2) is 17.7 Å². The van der Waals surface area contributed by atoms with Crippen molar-refractivity contribution in [2.24, 2.45) is 0 Å². The van der Waals surface area contributed by atoms with Gasteiger partial charge >= 0.3 is 5.97 Å². The summed E-state index contributed by atoms with van der Waals surface area (Å²) in [6, 6.07) is 2.03. The molecule has 0 saturated heterocycles. The summed E-state index contributed by atoms with van der Waals surface area (Å²) in [4.78, 5) is 22.8. The highest BCUT2D eigenvalue weighted by Crippen LogP contribution is 2.20. The van der Waals surface area contributed by atoms with Gasteiger partial charge in [-0.2, -0.15) is 0 Å². The van der Waals surface area contributed by atoms with E-state index in [0.29, 0.717) is 4.90 Å². The second-order valence-electron chi connectivity index (χ2n) is 4.30. The normalized spacial score (nSPS) is 13.5. The van der Waals surface area contributed by atoms with Gasteiger partial charge in [0.25, 0.3) is 0 Å². The quantitative estimate of drug-likeness (QED) is 0.661. The predicted molar refractivity (Wildman–Crippen MR) is 72.9 cm³/mol. The number of carboxylic acid groups (broad SMARTS) is 1. The smallest absolute Gasteiger partial charge is 0.328 e. The first-order valence-electron chi connectivity index (χ1n) is 6.09. The molecule has 0 fully saturated rings. The highest BCUT2D eigenvalue weighted by molar-refractivity contribution is 7.99. The molecule has 0 radical (unpaired) electrons. The van der Waals surface area contributed by atoms with Crippen LogP contribution in [0, 0.1) is 11.6 Å². The van der Waals surface area contributed by atoms with E-state index in [-0.39, 0.29) is 12.2 Å². The van der Waals surface area contributed by atoms with E-state index in [2.05, 4.69) is 5.32 Å². The number of carbonyl (C=O) groups is 2. The second kappa shape index (κ2) is 7.94. The average Bonchev–Trinajstić information content (AvgIpc) is 2.39. The van der Waals surface area contributed by atoms with E-state index in [1.54, 1.807) is 0 Å². The molecule has 1 rings (SSSR count). The third kappa shape index (κ3) is 5.68. The summed E-state index contributed by atoms with van der Waals surface area (Å²) in [6.45, 7) is 1.26. The Bertz CT molecular complexity index is 525. The van der Waals surface area contributed by atoms with Crippen LogP contribution in [0.15, 0.2) is 23.1 Å². The van der Waals surface area contributed by atoms with Crippen LogP contribution in [0.3, 0.4) is 0 Å². The predicted octanol–water partition coefficient (Wildman–Crippen LogP) is 1.40. The van der Waals surface area contributed by atoms with Gasteiger partial charge in [-0.25, -0.2) is 13.6 Å². The Balaban J connectivity index is 2.42. The minimum absolute atomic E-state index is 0.0137. The van der Waals surface area contributed by atoms with Crippen molar-refractivity contribution in [1.82, 2.24) is 5.32 Å². The van der Waals surface area contributed by atoms with E-state index >= 15 is 0 Å². The van der Waals surface area contributed by atoms with Gasteiger partial charge in [0.2, 0.25) is 5.91 Å². The van der Waals surface area contributed by atoms with Gasteiger partial charge < -0.3 is 15.5 Å². The van der Waals surface area contributed by atoms with Crippen LogP contribution >= 0.6 is 11.8 Å². The first-order chi connectivity index (χ1) is 9.81. The fraction of sp³-hybridized carbons (Fsp3) is 0.385. The van der Waals surface area contributed by atoms with Crippen LogP contribution < -0.4 is 5.32 Å². The highest BCUT2D eigenvalue weighted by atomic mass is 32.2. The number of hydrogen-bond donors (Lipinski definition) is 3. The number of hydrogen-bond acceptors (Lipinski definition) is 4. The number of aliphatic carboxylic acids is 1. The van der Waals surface area contributed by atoms with Crippen LogP contribution in [0.25, 0.3) is 0 Å². The third-order valence-corrected chi connectivity index (χ3v) is 3.55. The molecule has 116 valence electrons. The molecule has 1 aromatic carbocycles. The van der Waals surface area contributed by atoms with E-state index < -0.39 is 35.7 Å². The molecule has 1 amide bonds. The number of thioether (sulfide) groups is 1. The number of carbonyl (C=O) groups excluding carboxylic acids is 1. The lowest BCUT2D eigenvalue weighted by atomic mass is 10.2. The van der Waals surface area contributed by atoms with Gasteiger partial charge in [0.05, 0.1) is 6.10 Å². The maximum atomic E-state index is 13.0. The van der Waals surface area contributed by atoms with Gasteiger partial charge in [-0.3, -0.25) is 4.79 Å². The molecule has 1 aromatic rings. The van der Waals surface area contributed by atoms with E-state index in [1.807, 2.05) is 0 Å². The standard InChI is InChI=1S/C13H15F2NO4S/c1-7(17)12(13(19)20)16-11(18)4-5-21-8-2-3-9(14)10(15)6-8/h2-3,6-7,12,17H,4-5H2,1H3,(H,16,18)(H,19,20). The van der Waals surface area contributed by atoms with Crippen LogP contribution in [0.1, 0.15) is 13.3 Å². The monoisotopic (exact) mass is 319 g/mol. The van der Waals surface area contributed by atoms with Gasteiger partial charge in [-0.15, -0.1) is 11.8 Å². The van der Waals surface area contributed by atoms with E-state index in [9.17, 15) is 23.5 Å². The van der Waals surface area contributed by atoms with Gasteiger partial charge in [0.1, 0.15) is 0 Å². The summed E-state index contributed by atoms with van der Waals surface area (Å²) in [5.74, 6) is -3.52. The lowest BCUT2D eigenvalue weighted by molar-refractivity contribution is -0.144. The minimum Gasteiger partial charge on any atom is -0.480 e. The third-order valence-electron chi connectivity index (χ3n) is 2.55. The summed E-state index contributed by atoms with van der Waals surface area (Å²) >= 11 is 1.14. The SMILES string of the molecule is CC(O)C(NC(=O)CCSc1ccc(F)c(F)c1)C(=O)O. The van der Waals surface area contributed by atoms with E-state index in [0.717, 1.165) is 23.9 Å². The zero-order valence-electron chi connectivity index (χ0n) is 11.2. The number of halogens is 2. The summed E-state index contributed by atoms with van der Waals surface area (Å²) < 4.78 is 25.7. The Morgan fingerprint density at radius 1 is 1.33 bits per heavy atom. The molecule has 21 heavy (non-hydrogen) atoms. The fourth-order valence-corrected chi connectivity index (χ4v) is 2.34. The first-order valence-corrected chi connectivity index (χ1v) is 7.08. The molecular formula is C13H15F2NO4S. The lowest BCUT2D eigenvalue weighted by Gasteiger charge is -2.16. The Hall–Kier alpha value is -1.67. The summed E-state index contributed by atoms with van der Waals surface area (Å²) in [5, 5.41) is 20.2. The van der Waals surface area contributed by atoms with Crippen LogP contribution in [-0.2, 0) is 9.59 Å². The number of aliphatic hydroxyl groups is 1. The summed E-state index contributed by atoms with van der Waals surface area (Å²) in [6.07, 6.45) is -1.23. The zero-order valence-corrected chi connectivity index (χ0v) is 12.0. The fourth-order valence-electron chi connectivity index (χ4n) is 1.46. The number of benzene rings is 1. The van der Waals surface area contributed by atoms with Gasteiger partial charge in [-0.05, 0) is 25.1 Å². The topological polar surface area (TPSA) is 86.6 Å². The van der Waals surface area contributed by atoms with Crippen LogP contribution in [0.4, 0.5) is 8.78 Å². The van der Waals surface area contributed by atoms with Crippen molar-refractivity contribution < 1.29 is 28.6 Å². The number of aliphatic hydroxyl groups excluding tert-OH is 1. The molecule has 0 bridgehead atoms. The largest absolute Gasteiger partial charge is 0.480 e. The second-order valence-corrected chi connectivity index (χ2v) is 5.47. The maximum Gasteiger partial charge on any atom is 0.328 e. The Kier molecular flexibility index (Phi) is 6.57. The molecule has 0 aliphatic heterocycles. The molecule has 0 saturated carbocycles.